The quantitative estimate of drug-likeness (QED) is 0.874. The number of aromatic nitrogens is 4. The number of nitrogens with zero attached hydrogens (tertiary/aromatic N) is 5. The van der Waals surface area contributed by atoms with Gasteiger partial charge in [0.2, 0.25) is 5.91 Å². The number of nitrogens with one attached hydrogen (secondary N) is 1. The molecule has 1 fully saturated rings. The third kappa shape index (κ3) is 3.96. The van der Waals surface area contributed by atoms with E-state index in [9.17, 15) is 4.79 Å². The molecule has 1 aliphatic heterocycles. The number of rotatable bonds is 5. The molecule has 2 aromatic rings. The van der Waals surface area contributed by atoms with E-state index < -0.39 is 0 Å². The van der Waals surface area contributed by atoms with Gasteiger partial charge < -0.3 is 15.0 Å². The third-order valence-electron chi connectivity index (χ3n) is 4.41. The minimum absolute atomic E-state index is 0.131. The molecule has 134 valence electrons. The highest BCUT2D eigenvalue weighted by Crippen LogP contribution is 2.25. The molecular formula is C17H24N6O2. The van der Waals surface area contributed by atoms with E-state index in [1.165, 1.54) is 0 Å². The van der Waals surface area contributed by atoms with Gasteiger partial charge in [0.1, 0.15) is 17.6 Å². The Morgan fingerprint density at radius 3 is 2.92 bits per heavy atom. The van der Waals surface area contributed by atoms with Gasteiger partial charge in [-0.05, 0) is 18.9 Å². The fourth-order valence-corrected chi connectivity index (χ4v) is 3.11. The Balaban J connectivity index is 1.62. The van der Waals surface area contributed by atoms with Gasteiger partial charge in [-0.2, -0.15) is 5.10 Å². The first-order valence-electron chi connectivity index (χ1n) is 8.45. The van der Waals surface area contributed by atoms with Gasteiger partial charge in [0.15, 0.2) is 0 Å². The third-order valence-corrected chi connectivity index (χ3v) is 4.41. The summed E-state index contributed by atoms with van der Waals surface area (Å²) < 4.78 is 7.61. The molecule has 3 rings (SSSR count). The second-order valence-electron chi connectivity index (χ2n) is 6.15. The summed E-state index contributed by atoms with van der Waals surface area (Å²) >= 11 is 0. The highest BCUT2D eigenvalue weighted by atomic mass is 16.5. The predicted octanol–water partition coefficient (Wildman–Crippen LogP) is 1.09. The average molecular weight is 344 g/mol. The molecule has 1 amide bonds. The standard InChI is InChI=1S/C17H24N6O2/c1-12-13(10-22(3)21-12)4-5-15(24)23-8-9-25-14(11-23)16-17(18-2)20-7-6-19-16/h6-7,10,14H,4-5,8-9,11H2,1-3H3,(H,18,20)/t14-/m1/s1. The van der Waals surface area contributed by atoms with E-state index in [-0.39, 0.29) is 12.0 Å². The molecule has 0 aromatic carbocycles. The fraction of sp³-hybridized carbons (Fsp3) is 0.529. The van der Waals surface area contributed by atoms with Gasteiger partial charge in [0, 0.05) is 45.7 Å². The van der Waals surface area contributed by atoms with Crippen LogP contribution in [0.4, 0.5) is 5.82 Å². The van der Waals surface area contributed by atoms with Crippen LogP contribution in [0.25, 0.3) is 0 Å². The molecule has 8 nitrogen and oxygen atoms in total. The van der Waals surface area contributed by atoms with Crippen molar-refractivity contribution in [2.45, 2.75) is 25.9 Å². The van der Waals surface area contributed by atoms with Gasteiger partial charge >= 0.3 is 0 Å². The Kier molecular flexibility index (Phi) is 5.28. The van der Waals surface area contributed by atoms with Crippen molar-refractivity contribution in [3.8, 4) is 0 Å². The van der Waals surface area contributed by atoms with Gasteiger partial charge in [-0.3, -0.25) is 14.5 Å². The van der Waals surface area contributed by atoms with E-state index in [4.69, 9.17) is 4.74 Å². The van der Waals surface area contributed by atoms with Crippen LogP contribution in [-0.2, 0) is 23.0 Å². The number of morpholine rings is 1. The smallest absolute Gasteiger partial charge is 0.223 e. The number of amides is 1. The number of hydrogen-bond donors (Lipinski definition) is 1. The number of aryl methyl sites for hydroxylation is 3. The molecule has 3 heterocycles. The molecule has 1 atom stereocenters. The maximum Gasteiger partial charge on any atom is 0.223 e. The molecule has 1 N–H and O–H groups in total. The largest absolute Gasteiger partial charge is 0.372 e. The molecule has 0 spiro atoms. The van der Waals surface area contributed by atoms with Crippen LogP contribution in [0.15, 0.2) is 18.6 Å². The van der Waals surface area contributed by atoms with Crippen molar-refractivity contribution in [2.75, 3.05) is 32.1 Å². The molecule has 2 aromatic heterocycles. The Morgan fingerprint density at radius 2 is 2.20 bits per heavy atom. The van der Waals surface area contributed by atoms with Crippen LogP contribution in [0.5, 0.6) is 0 Å². The van der Waals surface area contributed by atoms with E-state index in [0.717, 1.165) is 17.0 Å². The second-order valence-corrected chi connectivity index (χ2v) is 6.15. The zero-order valence-corrected chi connectivity index (χ0v) is 14.9. The summed E-state index contributed by atoms with van der Waals surface area (Å²) in [6.07, 6.45) is 6.17. The molecule has 1 aliphatic rings. The van der Waals surface area contributed by atoms with E-state index in [1.807, 2.05) is 25.1 Å². The Morgan fingerprint density at radius 1 is 1.40 bits per heavy atom. The Bertz CT molecular complexity index is 744. The molecule has 8 heteroatoms. The van der Waals surface area contributed by atoms with Gasteiger partial charge in [-0.15, -0.1) is 0 Å². The SMILES string of the molecule is CNc1nccnc1[C@H]1CN(C(=O)CCc2cn(C)nc2C)CCO1. The minimum atomic E-state index is -0.256. The fourth-order valence-electron chi connectivity index (χ4n) is 3.11. The predicted molar refractivity (Wildman–Crippen MR) is 93.1 cm³/mol. The molecule has 25 heavy (non-hydrogen) atoms. The van der Waals surface area contributed by atoms with Crippen LogP contribution in [0.1, 0.15) is 29.5 Å². The molecule has 0 saturated carbocycles. The topological polar surface area (TPSA) is 85.2 Å². The first-order chi connectivity index (χ1) is 12.1. The van der Waals surface area contributed by atoms with Crippen molar-refractivity contribution < 1.29 is 9.53 Å². The number of anilines is 1. The summed E-state index contributed by atoms with van der Waals surface area (Å²) in [6.45, 7) is 3.58. The van der Waals surface area contributed by atoms with E-state index in [1.54, 1.807) is 24.1 Å². The zero-order valence-electron chi connectivity index (χ0n) is 14.9. The number of hydrogen-bond acceptors (Lipinski definition) is 6. The maximum atomic E-state index is 12.6. The second kappa shape index (κ2) is 7.60. The van der Waals surface area contributed by atoms with Crippen molar-refractivity contribution in [3.63, 3.8) is 0 Å². The Hall–Kier alpha value is -2.48. The maximum absolute atomic E-state index is 12.6. The van der Waals surface area contributed by atoms with E-state index >= 15 is 0 Å². The monoisotopic (exact) mass is 344 g/mol. The van der Waals surface area contributed by atoms with Gasteiger partial charge in [-0.25, -0.2) is 4.98 Å². The van der Waals surface area contributed by atoms with Crippen molar-refractivity contribution in [3.05, 3.63) is 35.5 Å². The molecule has 0 bridgehead atoms. The molecular weight excluding hydrogens is 320 g/mol. The summed E-state index contributed by atoms with van der Waals surface area (Å²) in [4.78, 5) is 23.1. The first-order valence-corrected chi connectivity index (χ1v) is 8.45. The first kappa shape index (κ1) is 17.3. The van der Waals surface area contributed by atoms with Crippen LogP contribution in [0, 0.1) is 6.92 Å². The lowest BCUT2D eigenvalue weighted by Gasteiger charge is -2.33. The molecule has 1 saturated heterocycles. The van der Waals surface area contributed by atoms with Crippen molar-refractivity contribution in [2.24, 2.45) is 7.05 Å². The summed E-state index contributed by atoms with van der Waals surface area (Å²) in [5, 5.41) is 7.35. The number of ether oxygens (including phenoxy) is 1. The zero-order chi connectivity index (χ0) is 17.8. The number of carbonyl (C=O) groups is 1. The molecule has 0 unspecified atom stereocenters. The highest BCUT2D eigenvalue weighted by molar-refractivity contribution is 5.76. The van der Waals surface area contributed by atoms with Crippen LogP contribution in [-0.4, -0.2) is 57.3 Å². The average Bonchev–Trinajstić information content (AvgIpc) is 2.97. The summed E-state index contributed by atoms with van der Waals surface area (Å²) in [5.74, 6) is 0.819. The van der Waals surface area contributed by atoms with Crippen LogP contribution < -0.4 is 5.32 Å². The van der Waals surface area contributed by atoms with Gasteiger partial charge in [0.05, 0.1) is 18.8 Å². The lowest BCUT2D eigenvalue weighted by molar-refractivity contribution is -0.139. The summed E-state index contributed by atoms with van der Waals surface area (Å²) in [5.41, 5.74) is 2.84. The van der Waals surface area contributed by atoms with Crippen LogP contribution >= 0.6 is 0 Å². The minimum Gasteiger partial charge on any atom is -0.372 e. The van der Waals surface area contributed by atoms with E-state index in [2.05, 4.69) is 20.4 Å². The van der Waals surface area contributed by atoms with Crippen LogP contribution in [0.2, 0.25) is 0 Å². The summed E-state index contributed by atoms with van der Waals surface area (Å²) in [7, 11) is 3.70. The normalized spacial score (nSPS) is 17.6. The van der Waals surface area contributed by atoms with Gasteiger partial charge in [-0.1, -0.05) is 0 Å². The molecule has 0 aliphatic carbocycles. The van der Waals surface area contributed by atoms with Crippen molar-refractivity contribution in [1.82, 2.24) is 24.6 Å². The van der Waals surface area contributed by atoms with Crippen molar-refractivity contribution in [1.29, 1.82) is 0 Å². The summed E-state index contributed by atoms with van der Waals surface area (Å²) in [6, 6.07) is 0. The molecule has 0 radical (unpaired) electrons. The van der Waals surface area contributed by atoms with Crippen molar-refractivity contribution >= 4 is 11.7 Å². The highest BCUT2D eigenvalue weighted by Gasteiger charge is 2.28. The lowest BCUT2D eigenvalue weighted by atomic mass is 10.1. The van der Waals surface area contributed by atoms with Gasteiger partial charge in [0.25, 0.3) is 0 Å². The Labute approximate surface area is 147 Å². The van der Waals surface area contributed by atoms with Crippen LogP contribution in [0.3, 0.4) is 0 Å². The van der Waals surface area contributed by atoms with E-state index in [0.29, 0.717) is 38.4 Å². The number of carbonyl (C=O) groups excluding carboxylic acids is 1. The lowest BCUT2D eigenvalue weighted by Crippen LogP contribution is -2.42.